The highest BCUT2D eigenvalue weighted by Crippen LogP contribution is 2.29. The molecule has 0 aromatic heterocycles. The van der Waals surface area contributed by atoms with Crippen molar-refractivity contribution >= 4 is 17.9 Å². The van der Waals surface area contributed by atoms with Crippen LogP contribution in [0.5, 0.6) is 0 Å². The van der Waals surface area contributed by atoms with Crippen LogP contribution < -0.4 is 5.32 Å². The average Bonchev–Trinajstić information content (AvgIpc) is 2.80. The van der Waals surface area contributed by atoms with E-state index in [1.807, 2.05) is 20.8 Å². The molecule has 0 bridgehead atoms. The molecule has 1 aromatic rings. The van der Waals surface area contributed by atoms with E-state index in [9.17, 15) is 14.4 Å². The molecule has 2 aliphatic rings. The molecule has 1 heterocycles. The van der Waals surface area contributed by atoms with E-state index in [0.29, 0.717) is 17.7 Å². The second-order valence-corrected chi connectivity index (χ2v) is 8.13. The van der Waals surface area contributed by atoms with Crippen LogP contribution in [0.4, 0.5) is 4.79 Å². The van der Waals surface area contributed by atoms with Crippen LogP contribution in [0.2, 0.25) is 0 Å². The van der Waals surface area contributed by atoms with Gasteiger partial charge in [-0.2, -0.15) is 0 Å². The molecule has 0 atom stereocenters. The molecule has 0 radical (unpaired) electrons. The first-order valence-corrected chi connectivity index (χ1v) is 9.19. The van der Waals surface area contributed by atoms with Crippen LogP contribution in [0, 0.1) is 5.92 Å². The molecule has 26 heavy (non-hydrogen) atoms. The monoisotopic (exact) mass is 358 g/mol. The molecule has 0 unspecified atom stereocenters. The van der Waals surface area contributed by atoms with Crippen molar-refractivity contribution in [1.82, 2.24) is 10.2 Å². The van der Waals surface area contributed by atoms with Crippen LogP contribution in [0.1, 0.15) is 67.2 Å². The van der Waals surface area contributed by atoms with Crippen LogP contribution in [-0.4, -0.2) is 41.0 Å². The fraction of sp³-hybridized carbons (Fsp3) is 0.550. The Morgan fingerprint density at radius 2 is 1.62 bits per heavy atom. The van der Waals surface area contributed by atoms with Gasteiger partial charge in [0.25, 0.3) is 11.8 Å². The van der Waals surface area contributed by atoms with Gasteiger partial charge in [-0.3, -0.25) is 14.5 Å². The van der Waals surface area contributed by atoms with Crippen molar-refractivity contribution < 1.29 is 19.1 Å². The van der Waals surface area contributed by atoms with Gasteiger partial charge in [0.2, 0.25) is 0 Å². The Morgan fingerprint density at radius 1 is 1.08 bits per heavy atom. The van der Waals surface area contributed by atoms with Crippen molar-refractivity contribution in [2.24, 2.45) is 5.92 Å². The molecule has 140 valence electrons. The minimum atomic E-state index is -0.507. The van der Waals surface area contributed by atoms with Crippen LogP contribution in [0.25, 0.3) is 0 Å². The maximum atomic E-state index is 12.5. The van der Waals surface area contributed by atoms with E-state index in [-0.39, 0.29) is 29.9 Å². The number of carbonyl (C=O) groups is 3. The van der Waals surface area contributed by atoms with Gasteiger partial charge in [0.05, 0.1) is 11.1 Å². The highest BCUT2D eigenvalue weighted by molar-refractivity contribution is 6.21. The number of amides is 3. The van der Waals surface area contributed by atoms with Crippen LogP contribution in [-0.2, 0) is 4.74 Å². The molecule has 6 heteroatoms. The molecule has 3 amide bonds. The fourth-order valence-corrected chi connectivity index (χ4v) is 3.63. The third-order valence-electron chi connectivity index (χ3n) is 4.89. The number of nitrogens with one attached hydrogen (secondary N) is 1. The summed E-state index contributed by atoms with van der Waals surface area (Å²) >= 11 is 0. The zero-order valence-electron chi connectivity index (χ0n) is 15.6. The molecule has 1 fully saturated rings. The second-order valence-electron chi connectivity index (χ2n) is 8.13. The number of ether oxygens (including phenoxy) is 1. The lowest BCUT2D eigenvalue weighted by atomic mass is 9.85. The number of benzene rings is 1. The molecular formula is C20H26N2O4. The zero-order chi connectivity index (χ0) is 18.9. The van der Waals surface area contributed by atoms with Crippen molar-refractivity contribution in [2.45, 2.75) is 58.1 Å². The molecule has 0 saturated heterocycles. The van der Waals surface area contributed by atoms with E-state index < -0.39 is 5.60 Å². The standard InChI is InChI=1S/C20H26N2O4/c1-20(2,3)26-19(25)21-14-10-8-13(9-11-14)12-22-17(23)15-6-4-5-7-16(15)18(22)24/h4-7,13-14H,8-12H2,1-3H3,(H,21,25). The first-order chi connectivity index (χ1) is 12.2. The van der Waals surface area contributed by atoms with E-state index in [1.165, 1.54) is 4.90 Å². The molecule has 1 N–H and O–H groups in total. The first kappa shape index (κ1) is 18.4. The Labute approximate surface area is 153 Å². The van der Waals surface area contributed by atoms with Gasteiger partial charge in [-0.15, -0.1) is 0 Å². The number of imide groups is 1. The number of fused-ring (bicyclic) bond motifs is 1. The summed E-state index contributed by atoms with van der Waals surface area (Å²) in [7, 11) is 0. The maximum Gasteiger partial charge on any atom is 0.407 e. The SMILES string of the molecule is CC(C)(C)OC(=O)NC1CCC(CN2C(=O)c3ccccc3C2=O)CC1. The Balaban J connectivity index is 1.50. The van der Waals surface area contributed by atoms with Crippen LogP contribution >= 0.6 is 0 Å². The lowest BCUT2D eigenvalue weighted by Crippen LogP contribution is -2.42. The van der Waals surface area contributed by atoms with Gasteiger partial charge in [-0.1, -0.05) is 12.1 Å². The van der Waals surface area contributed by atoms with Crippen molar-refractivity contribution in [3.63, 3.8) is 0 Å². The highest BCUT2D eigenvalue weighted by Gasteiger charge is 2.37. The number of carbonyl (C=O) groups excluding carboxylic acids is 3. The zero-order valence-corrected chi connectivity index (χ0v) is 15.6. The van der Waals surface area contributed by atoms with E-state index >= 15 is 0 Å². The van der Waals surface area contributed by atoms with E-state index in [2.05, 4.69) is 5.32 Å². The van der Waals surface area contributed by atoms with E-state index in [1.54, 1.807) is 24.3 Å². The van der Waals surface area contributed by atoms with Gasteiger partial charge in [-0.05, 0) is 64.5 Å². The minimum absolute atomic E-state index is 0.0864. The summed E-state index contributed by atoms with van der Waals surface area (Å²) in [6, 6.07) is 7.06. The lowest BCUT2D eigenvalue weighted by Gasteiger charge is -2.31. The molecule has 1 aromatic carbocycles. The van der Waals surface area contributed by atoms with Crippen molar-refractivity contribution in [2.75, 3.05) is 6.54 Å². The summed E-state index contributed by atoms with van der Waals surface area (Å²) in [6.07, 6.45) is 3.00. The Morgan fingerprint density at radius 3 is 2.12 bits per heavy atom. The summed E-state index contributed by atoms with van der Waals surface area (Å²) < 4.78 is 5.29. The first-order valence-electron chi connectivity index (χ1n) is 9.19. The molecular weight excluding hydrogens is 332 g/mol. The topological polar surface area (TPSA) is 75.7 Å². The van der Waals surface area contributed by atoms with Crippen LogP contribution in [0.15, 0.2) is 24.3 Å². The Bertz CT molecular complexity index is 680. The molecule has 6 nitrogen and oxygen atoms in total. The summed E-state index contributed by atoms with van der Waals surface area (Å²) in [5.74, 6) is -0.117. The second kappa shape index (κ2) is 7.09. The largest absolute Gasteiger partial charge is 0.444 e. The average molecular weight is 358 g/mol. The van der Waals surface area contributed by atoms with Crippen LogP contribution in [0.3, 0.4) is 0 Å². The number of nitrogens with zero attached hydrogens (tertiary/aromatic N) is 1. The van der Waals surface area contributed by atoms with E-state index in [0.717, 1.165) is 25.7 Å². The fourth-order valence-electron chi connectivity index (χ4n) is 3.63. The van der Waals surface area contributed by atoms with Gasteiger partial charge in [0.1, 0.15) is 5.60 Å². The minimum Gasteiger partial charge on any atom is -0.444 e. The number of rotatable bonds is 3. The highest BCUT2D eigenvalue weighted by atomic mass is 16.6. The third kappa shape index (κ3) is 4.06. The third-order valence-corrected chi connectivity index (χ3v) is 4.89. The van der Waals surface area contributed by atoms with Gasteiger partial charge in [0.15, 0.2) is 0 Å². The molecule has 3 rings (SSSR count). The molecule has 1 saturated carbocycles. The van der Waals surface area contributed by atoms with E-state index in [4.69, 9.17) is 4.74 Å². The summed E-state index contributed by atoms with van der Waals surface area (Å²) in [4.78, 5) is 38.2. The predicted molar refractivity (Wildman–Crippen MR) is 96.9 cm³/mol. The summed E-state index contributed by atoms with van der Waals surface area (Å²) in [5, 5.41) is 2.91. The Hall–Kier alpha value is -2.37. The number of hydrogen-bond acceptors (Lipinski definition) is 4. The Kier molecular flexibility index (Phi) is 5.03. The van der Waals surface area contributed by atoms with Gasteiger partial charge in [-0.25, -0.2) is 4.79 Å². The van der Waals surface area contributed by atoms with Gasteiger partial charge >= 0.3 is 6.09 Å². The molecule has 1 aliphatic heterocycles. The molecule has 0 spiro atoms. The van der Waals surface area contributed by atoms with Crippen molar-refractivity contribution in [3.05, 3.63) is 35.4 Å². The van der Waals surface area contributed by atoms with Gasteiger partial charge in [0, 0.05) is 12.6 Å². The van der Waals surface area contributed by atoms with Crippen molar-refractivity contribution in [3.8, 4) is 0 Å². The summed E-state index contributed by atoms with van der Waals surface area (Å²) in [5.41, 5.74) is 0.489. The lowest BCUT2D eigenvalue weighted by molar-refractivity contribution is 0.0484. The van der Waals surface area contributed by atoms with Crippen molar-refractivity contribution in [1.29, 1.82) is 0 Å². The maximum absolute atomic E-state index is 12.5. The van der Waals surface area contributed by atoms with Gasteiger partial charge < -0.3 is 10.1 Å². The molecule has 1 aliphatic carbocycles. The predicted octanol–water partition coefficient (Wildman–Crippen LogP) is 3.37. The summed E-state index contributed by atoms with van der Waals surface area (Å²) in [6.45, 7) is 5.97. The number of alkyl carbamates (subject to hydrolysis) is 1. The smallest absolute Gasteiger partial charge is 0.407 e. The number of hydrogen-bond donors (Lipinski definition) is 1. The normalized spacial score (nSPS) is 23.0. The quantitative estimate of drug-likeness (QED) is 0.841.